The van der Waals surface area contributed by atoms with E-state index >= 15 is 0 Å². The summed E-state index contributed by atoms with van der Waals surface area (Å²) >= 11 is 3.45. The smallest absolute Gasteiger partial charge is 0.0992 e. The van der Waals surface area contributed by atoms with Gasteiger partial charge in [0.05, 0.1) is 18.2 Å². The van der Waals surface area contributed by atoms with E-state index < -0.39 is 0 Å². The number of nitriles is 1. The van der Waals surface area contributed by atoms with Crippen LogP contribution in [0.15, 0.2) is 22.7 Å². The van der Waals surface area contributed by atoms with Gasteiger partial charge >= 0.3 is 0 Å². The van der Waals surface area contributed by atoms with Crippen LogP contribution < -0.4 is 5.32 Å². The third-order valence-electron chi connectivity index (χ3n) is 3.59. The van der Waals surface area contributed by atoms with Crippen LogP contribution in [0.25, 0.3) is 0 Å². The number of rotatable bonds is 6. The maximum absolute atomic E-state index is 9.51. The second kappa shape index (κ2) is 6.77. The lowest BCUT2D eigenvalue weighted by atomic mass is 9.83. The average Bonchev–Trinajstić information content (AvgIpc) is 2.42. The Morgan fingerprint density at radius 3 is 2.50 bits per heavy atom. The van der Waals surface area contributed by atoms with Crippen molar-refractivity contribution >= 4 is 21.6 Å². The molecule has 3 nitrogen and oxygen atoms in total. The molecule has 0 aliphatic carbocycles. The lowest BCUT2D eigenvalue weighted by Gasteiger charge is -2.30. The van der Waals surface area contributed by atoms with E-state index in [1.54, 1.807) is 12.1 Å². The summed E-state index contributed by atoms with van der Waals surface area (Å²) in [5.41, 5.74) is 1.51. The van der Waals surface area contributed by atoms with E-state index in [0.717, 1.165) is 29.5 Å². The molecule has 0 heterocycles. The Kier molecular flexibility index (Phi) is 5.64. The van der Waals surface area contributed by atoms with Crippen LogP contribution in [0.1, 0.15) is 32.3 Å². The molecule has 0 bridgehead atoms. The van der Waals surface area contributed by atoms with Crippen molar-refractivity contribution in [1.29, 1.82) is 5.26 Å². The van der Waals surface area contributed by atoms with Crippen LogP contribution in [-0.2, 0) is 0 Å². The van der Waals surface area contributed by atoms with Crippen LogP contribution in [0.4, 0.5) is 5.69 Å². The summed E-state index contributed by atoms with van der Waals surface area (Å²) in [5, 5.41) is 21.7. The minimum absolute atomic E-state index is 0.0761. The summed E-state index contributed by atoms with van der Waals surface area (Å²) in [7, 11) is 0. The van der Waals surface area contributed by atoms with Gasteiger partial charge in [-0.3, -0.25) is 0 Å². The molecule has 0 saturated carbocycles. The van der Waals surface area contributed by atoms with Gasteiger partial charge in [-0.1, -0.05) is 13.8 Å². The first-order valence-corrected chi connectivity index (χ1v) is 6.94. The third-order valence-corrected chi connectivity index (χ3v) is 4.24. The molecule has 0 aromatic heterocycles. The Labute approximate surface area is 117 Å². The number of hydrogen-bond donors (Lipinski definition) is 2. The highest BCUT2D eigenvalue weighted by atomic mass is 79.9. The summed E-state index contributed by atoms with van der Waals surface area (Å²) in [4.78, 5) is 0. The van der Waals surface area contributed by atoms with Crippen molar-refractivity contribution in [2.75, 3.05) is 18.5 Å². The van der Waals surface area contributed by atoms with Crippen molar-refractivity contribution in [2.45, 2.75) is 26.7 Å². The van der Waals surface area contributed by atoms with Gasteiger partial charge in [0.15, 0.2) is 0 Å². The molecule has 0 spiro atoms. The molecule has 0 radical (unpaired) electrons. The van der Waals surface area contributed by atoms with Gasteiger partial charge in [-0.15, -0.1) is 0 Å². The standard InChI is InChI=1S/C14H19BrN2O/c1-3-14(4-2,10-18)9-17-13-6-5-11(8-16)7-12(13)15/h5-7,17-18H,3-4,9-10H2,1-2H3. The Morgan fingerprint density at radius 2 is 2.06 bits per heavy atom. The zero-order valence-corrected chi connectivity index (χ0v) is 12.4. The minimum Gasteiger partial charge on any atom is -0.396 e. The molecule has 2 N–H and O–H groups in total. The Morgan fingerprint density at radius 1 is 1.39 bits per heavy atom. The molecule has 1 aromatic carbocycles. The first-order chi connectivity index (χ1) is 8.60. The maximum atomic E-state index is 9.51. The molecule has 18 heavy (non-hydrogen) atoms. The third kappa shape index (κ3) is 3.47. The van der Waals surface area contributed by atoms with E-state index in [9.17, 15) is 5.11 Å². The first-order valence-electron chi connectivity index (χ1n) is 6.15. The zero-order chi connectivity index (χ0) is 13.6. The highest BCUT2D eigenvalue weighted by Gasteiger charge is 2.25. The summed E-state index contributed by atoms with van der Waals surface area (Å²) in [6, 6.07) is 7.56. The van der Waals surface area contributed by atoms with E-state index in [-0.39, 0.29) is 12.0 Å². The van der Waals surface area contributed by atoms with Gasteiger partial charge < -0.3 is 10.4 Å². The lowest BCUT2D eigenvalue weighted by Crippen LogP contribution is -2.32. The van der Waals surface area contributed by atoms with E-state index in [1.165, 1.54) is 0 Å². The van der Waals surface area contributed by atoms with E-state index in [0.29, 0.717) is 5.56 Å². The number of benzene rings is 1. The summed E-state index contributed by atoms with van der Waals surface area (Å²) < 4.78 is 0.876. The van der Waals surface area contributed by atoms with E-state index in [4.69, 9.17) is 5.26 Å². The Balaban J connectivity index is 2.77. The van der Waals surface area contributed by atoms with Gasteiger partial charge in [-0.25, -0.2) is 0 Å². The van der Waals surface area contributed by atoms with Crippen molar-refractivity contribution in [3.8, 4) is 6.07 Å². The molecule has 0 aliphatic rings. The van der Waals surface area contributed by atoms with Crippen molar-refractivity contribution in [3.05, 3.63) is 28.2 Å². The Hall–Kier alpha value is -1.05. The number of nitrogens with zero attached hydrogens (tertiary/aromatic N) is 1. The second-order valence-corrected chi connectivity index (χ2v) is 5.38. The number of anilines is 1. The summed E-state index contributed by atoms with van der Waals surface area (Å²) in [6.07, 6.45) is 1.86. The van der Waals surface area contributed by atoms with Gasteiger partial charge in [0, 0.05) is 22.1 Å². The maximum Gasteiger partial charge on any atom is 0.0992 e. The van der Waals surface area contributed by atoms with Crippen LogP contribution in [0.2, 0.25) is 0 Å². The highest BCUT2D eigenvalue weighted by Crippen LogP contribution is 2.29. The molecule has 98 valence electrons. The fourth-order valence-corrected chi connectivity index (χ4v) is 2.31. The molecular formula is C14H19BrN2O. The topological polar surface area (TPSA) is 56.0 Å². The first kappa shape index (κ1) is 15.0. The molecule has 0 unspecified atom stereocenters. The lowest BCUT2D eigenvalue weighted by molar-refractivity contribution is 0.127. The number of aliphatic hydroxyl groups is 1. The molecule has 0 saturated heterocycles. The Bertz CT molecular complexity index is 428. The van der Waals surface area contributed by atoms with Crippen LogP contribution in [0.3, 0.4) is 0 Å². The molecule has 0 aliphatic heterocycles. The quantitative estimate of drug-likeness (QED) is 0.845. The SMILES string of the molecule is CCC(CC)(CO)CNc1ccc(C#N)cc1Br. The number of aliphatic hydroxyl groups excluding tert-OH is 1. The van der Waals surface area contributed by atoms with Crippen LogP contribution in [-0.4, -0.2) is 18.3 Å². The molecule has 4 heteroatoms. The fourth-order valence-electron chi connectivity index (χ4n) is 1.79. The average molecular weight is 311 g/mol. The zero-order valence-electron chi connectivity index (χ0n) is 10.8. The minimum atomic E-state index is -0.0761. The molecule has 1 aromatic rings. The van der Waals surface area contributed by atoms with Crippen molar-refractivity contribution in [3.63, 3.8) is 0 Å². The van der Waals surface area contributed by atoms with Gasteiger partial charge in [-0.2, -0.15) is 5.26 Å². The largest absolute Gasteiger partial charge is 0.396 e. The van der Waals surface area contributed by atoms with Crippen LogP contribution in [0, 0.1) is 16.7 Å². The fraction of sp³-hybridized carbons (Fsp3) is 0.500. The van der Waals surface area contributed by atoms with Crippen LogP contribution in [0.5, 0.6) is 0 Å². The second-order valence-electron chi connectivity index (χ2n) is 4.53. The predicted molar refractivity (Wildman–Crippen MR) is 77.4 cm³/mol. The van der Waals surface area contributed by atoms with E-state index in [1.807, 2.05) is 6.07 Å². The molecule has 1 rings (SSSR count). The van der Waals surface area contributed by atoms with E-state index in [2.05, 4.69) is 41.2 Å². The molecular weight excluding hydrogens is 292 g/mol. The van der Waals surface area contributed by atoms with Crippen LogP contribution >= 0.6 is 15.9 Å². The van der Waals surface area contributed by atoms with Crippen molar-refractivity contribution in [2.24, 2.45) is 5.41 Å². The van der Waals surface area contributed by atoms with Gasteiger partial charge in [0.1, 0.15) is 0 Å². The number of halogens is 1. The number of nitrogens with one attached hydrogen (secondary N) is 1. The monoisotopic (exact) mass is 310 g/mol. The summed E-state index contributed by atoms with van der Waals surface area (Å²) in [6.45, 7) is 5.09. The van der Waals surface area contributed by atoms with Gasteiger partial charge in [0.2, 0.25) is 0 Å². The molecule has 0 amide bonds. The van der Waals surface area contributed by atoms with Crippen molar-refractivity contribution in [1.82, 2.24) is 0 Å². The number of hydrogen-bond acceptors (Lipinski definition) is 3. The summed E-state index contributed by atoms with van der Waals surface area (Å²) in [5.74, 6) is 0. The highest BCUT2D eigenvalue weighted by molar-refractivity contribution is 9.10. The predicted octanol–water partition coefficient (Wildman–Crippen LogP) is 3.53. The van der Waals surface area contributed by atoms with Gasteiger partial charge in [0.25, 0.3) is 0 Å². The normalized spacial score (nSPS) is 11.1. The molecule has 0 atom stereocenters. The van der Waals surface area contributed by atoms with Gasteiger partial charge in [-0.05, 0) is 47.0 Å². The molecule has 0 fully saturated rings. The van der Waals surface area contributed by atoms with Crippen molar-refractivity contribution < 1.29 is 5.11 Å².